The molecule has 1 atom stereocenters. The van der Waals surface area contributed by atoms with Gasteiger partial charge in [0.2, 0.25) is 0 Å². The molecule has 0 bridgehead atoms. The van der Waals surface area contributed by atoms with Gasteiger partial charge in [0.25, 0.3) is 0 Å². The highest BCUT2D eigenvalue weighted by Crippen LogP contribution is 2.08. The number of hydrogen-bond donors (Lipinski definition) is 1. The molecular formula is C14H31NO. The molecule has 0 heterocycles. The molecule has 0 aliphatic heterocycles. The van der Waals surface area contributed by atoms with Crippen LogP contribution < -0.4 is 5.32 Å². The fourth-order valence-electron chi connectivity index (χ4n) is 1.71. The van der Waals surface area contributed by atoms with E-state index in [1.807, 2.05) is 0 Å². The predicted octanol–water partition coefficient (Wildman–Crippen LogP) is 3.61. The zero-order valence-electron chi connectivity index (χ0n) is 12.1. The minimum atomic E-state index is 0.242. The van der Waals surface area contributed by atoms with Crippen molar-refractivity contribution in [1.29, 1.82) is 0 Å². The summed E-state index contributed by atoms with van der Waals surface area (Å²) in [6.07, 6.45) is 3.94. The summed E-state index contributed by atoms with van der Waals surface area (Å²) < 4.78 is 5.76. The average molecular weight is 229 g/mol. The first kappa shape index (κ1) is 15.9. The van der Waals surface area contributed by atoms with E-state index in [-0.39, 0.29) is 5.54 Å². The van der Waals surface area contributed by atoms with E-state index < -0.39 is 0 Å². The van der Waals surface area contributed by atoms with Gasteiger partial charge in [0.15, 0.2) is 0 Å². The third-order valence-electron chi connectivity index (χ3n) is 2.43. The van der Waals surface area contributed by atoms with E-state index in [1.165, 1.54) is 12.8 Å². The fourth-order valence-corrected chi connectivity index (χ4v) is 1.71. The van der Waals surface area contributed by atoms with Crippen LogP contribution in [0.4, 0.5) is 0 Å². The van der Waals surface area contributed by atoms with Crippen LogP contribution in [0.3, 0.4) is 0 Å². The van der Waals surface area contributed by atoms with Gasteiger partial charge in [-0.1, -0.05) is 13.8 Å². The Morgan fingerprint density at radius 2 is 1.69 bits per heavy atom. The Bertz CT molecular complexity index is 161. The standard InChI is InChI=1S/C14H31NO/c1-12(2)11-13(3)16-10-8-7-9-15-14(4,5)6/h12-13,15H,7-11H2,1-6H3. The van der Waals surface area contributed by atoms with Crippen LogP contribution in [0.2, 0.25) is 0 Å². The second-order valence-corrected chi connectivity index (χ2v) is 6.19. The Hall–Kier alpha value is -0.0800. The fraction of sp³-hybridized carbons (Fsp3) is 1.00. The van der Waals surface area contributed by atoms with Crippen LogP contribution in [0.1, 0.15) is 60.8 Å². The summed E-state index contributed by atoms with van der Waals surface area (Å²) in [6.45, 7) is 15.3. The monoisotopic (exact) mass is 229 g/mol. The van der Waals surface area contributed by atoms with E-state index in [0.717, 1.165) is 25.5 Å². The zero-order valence-corrected chi connectivity index (χ0v) is 12.1. The minimum absolute atomic E-state index is 0.242. The summed E-state index contributed by atoms with van der Waals surface area (Å²) in [6, 6.07) is 0. The molecule has 1 N–H and O–H groups in total. The maximum Gasteiger partial charge on any atom is 0.0549 e. The molecule has 1 unspecified atom stereocenters. The van der Waals surface area contributed by atoms with Crippen molar-refractivity contribution in [3.63, 3.8) is 0 Å². The summed E-state index contributed by atoms with van der Waals surface area (Å²) in [4.78, 5) is 0. The SMILES string of the molecule is CC(C)CC(C)OCCCCNC(C)(C)C. The van der Waals surface area contributed by atoms with Crippen molar-refractivity contribution in [2.24, 2.45) is 5.92 Å². The lowest BCUT2D eigenvalue weighted by Crippen LogP contribution is -2.36. The molecule has 2 heteroatoms. The topological polar surface area (TPSA) is 21.3 Å². The summed E-state index contributed by atoms with van der Waals surface area (Å²) in [5, 5.41) is 3.49. The van der Waals surface area contributed by atoms with E-state index in [0.29, 0.717) is 6.10 Å². The van der Waals surface area contributed by atoms with Gasteiger partial charge in [-0.05, 0) is 59.4 Å². The molecule has 0 amide bonds. The van der Waals surface area contributed by atoms with Crippen molar-refractivity contribution in [3.8, 4) is 0 Å². The molecule has 0 saturated heterocycles. The molecular weight excluding hydrogens is 198 g/mol. The molecule has 98 valence electrons. The van der Waals surface area contributed by atoms with Gasteiger partial charge in [-0.3, -0.25) is 0 Å². The van der Waals surface area contributed by atoms with Gasteiger partial charge in [-0.2, -0.15) is 0 Å². The molecule has 2 nitrogen and oxygen atoms in total. The summed E-state index contributed by atoms with van der Waals surface area (Å²) in [7, 11) is 0. The summed E-state index contributed by atoms with van der Waals surface area (Å²) in [5.41, 5.74) is 0.242. The molecule has 16 heavy (non-hydrogen) atoms. The Balaban J connectivity index is 3.27. The zero-order chi connectivity index (χ0) is 12.6. The Morgan fingerprint density at radius 3 is 2.19 bits per heavy atom. The number of unbranched alkanes of at least 4 members (excludes halogenated alkanes) is 1. The van der Waals surface area contributed by atoms with Gasteiger partial charge in [0.1, 0.15) is 0 Å². The van der Waals surface area contributed by atoms with Crippen molar-refractivity contribution in [3.05, 3.63) is 0 Å². The van der Waals surface area contributed by atoms with E-state index in [1.54, 1.807) is 0 Å². The van der Waals surface area contributed by atoms with E-state index in [9.17, 15) is 0 Å². The molecule has 0 saturated carbocycles. The summed E-state index contributed by atoms with van der Waals surface area (Å²) >= 11 is 0. The van der Waals surface area contributed by atoms with Crippen molar-refractivity contribution < 1.29 is 4.74 Å². The lowest BCUT2D eigenvalue weighted by Gasteiger charge is -2.20. The van der Waals surface area contributed by atoms with Gasteiger partial charge >= 0.3 is 0 Å². The number of nitrogens with one attached hydrogen (secondary N) is 1. The Kier molecular flexibility index (Phi) is 8.04. The third kappa shape index (κ3) is 12.0. The van der Waals surface area contributed by atoms with Crippen molar-refractivity contribution >= 4 is 0 Å². The van der Waals surface area contributed by atoms with Gasteiger partial charge in [0, 0.05) is 12.1 Å². The lowest BCUT2D eigenvalue weighted by molar-refractivity contribution is 0.0495. The predicted molar refractivity (Wildman–Crippen MR) is 71.9 cm³/mol. The average Bonchev–Trinajstić information content (AvgIpc) is 2.07. The molecule has 0 spiro atoms. The molecule has 0 radical (unpaired) electrons. The number of ether oxygens (including phenoxy) is 1. The minimum Gasteiger partial charge on any atom is -0.378 e. The van der Waals surface area contributed by atoms with Gasteiger partial charge < -0.3 is 10.1 Å². The van der Waals surface area contributed by atoms with Crippen LogP contribution in [-0.2, 0) is 4.74 Å². The smallest absolute Gasteiger partial charge is 0.0549 e. The Morgan fingerprint density at radius 1 is 1.06 bits per heavy atom. The molecule has 0 aliphatic rings. The first-order chi connectivity index (χ1) is 7.31. The first-order valence-electron chi connectivity index (χ1n) is 6.68. The molecule has 0 aromatic rings. The first-order valence-corrected chi connectivity index (χ1v) is 6.68. The van der Waals surface area contributed by atoms with Gasteiger partial charge in [-0.15, -0.1) is 0 Å². The van der Waals surface area contributed by atoms with Crippen LogP contribution in [-0.4, -0.2) is 24.8 Å². The second kappa shape index (κ2) is 8.08. The number of rotatable bonds is 8. The van der Waals surface area contributed by atoms with Crippen molar-refractivity contribution in [2.75, 3.05) is 13.2 Å². The molecule has 0 aliphatic carbocycles. The maximum atomic E-state index is 5.76. The normalized spacial score (nSPS) is 14.4. The highest BCUT2D eigenvalue weighted by atomic mass is 16.5. The quantitative estimate of drug-likeness (QED) is 0.642. The third-order valence-corrected chi connectivity index (χ3v) is 2.43. The highest BCUT2D eigenvalue weighted by Gasteiger charge is 2.07. The molecule has 0 aromatic carbocycles. The van der Waals surface area contributed by atoms with Crippen molar-refractivity contribution in [1.82, 2.24) is 5.32 Å². The summed E-state index contributed by atoms with van der Waals surface area (Å²) in [5.74, 6) is 0.734. The van der Waals surface area contributed by atoms with Crippen LogP contribution in [0.25, 0.3) is 0 Å². The molecule has 0 aromatic heterocycles. The second-order valence-electron chi connectivity index (χ2n) is 6.19. The van der Waals surface area contributed by atoms with Crippen LogP contribution >= 0.6 is 0 Å². The van der Waals surface area contributed by atoms with Gasteiger partial charge in [0.05, 0.1) is 6.10 Å². The highest BCUT2D eigenvalue weighted by molar-refractivity contribution is 4.69. The number of hydrogen-bond acceptors (Lipinski definition) is 2. The Labute approximate surface area is 102 Å². The van der Waals surface area contributed by atoms with E-state index in [2.05, 4.69) is 46.9 Å². The van der Waals surface area contributed by atoms with Crippen molar-refractivity contribution in [2.45, 2.75) is 72.4 Å². The van der Waals surface area contributed by atoms with E-state index in [4.69, 9.17) is 4.74 Å². The van der Waals surface area contributed by atoms with Crippen LogP contribution in [0.5, 0.6) is 0 Å². The van der Waals surface area contributed by atoms with Crippen LogP contribution in [0.15, 0.2) is 0 Å². The lowest BCUT2D eigenvalue weighted by atomic mass is 10.1. The largest absolute Gasteiger partial charge is 0.378 e. The maximum absolute atomic E-state index is 5.76. The van der Waals surface area contributed by atoms with Gasteiger partial charge in [-0.25, -0.2) is 0 Å². The van der Waals surface area contributed by atoms with Crippen LogP contribution in [0, 0.1) is 5.92 Å². The van der Waals surface area contributed by atoms with E-state index >= 15 is 0 Å². The molecule has 0 fully saturated rings. The molecule has 0 rings (SSSR count).